The Labute approximate surface area is 142 Å². The first kappa shape index (κ1) is 17.6. The summed E-state index contributed by atoms with van der Waals surface area (Å²) in [5, 5.41) is 9.29. The van der Waals surface area contributed by atoms with Crippen LogP contribution in [0.4, 0.5) is 19.0 Å². The van der Waals surface area contributed by atoms with E-state index in [0.29, 0.717) is 12.2 Å². The number of hydrogen-bond acceptors (Lipinski definition) is 6. The molecule has 1 aliphatic heterocycles. The fourth-order valence-corrected chi connectivity index (χ4v) is 2.60. The number of pyridine rings is 1. The summed E-state index contributed by atoms with van der Waals surface area (Å²) < 4.78 is 45.3. The average molecular weight is 354 g/mol. The average Bonchev–Trinajstić information content (AvgIpc) is 2.62. The molecule has 2 aromatic heterocycles. The van der Waals surface area contributed by atoms with Gasteiger partial charge in [-0.2, -0.15) is 13.2 Å². The highest BCUT2D eigenvalue weighted by Crippen LogP contribution is 2.32. The molecule has 25 heavy (non-hydrogen) atoms. The van der Waals surface area contributed by atoms with Gasteiger partial charge in [-0.05, 0) is 19.1 Å². The molecule has 134 valence electrons. The van der Waals surface area contributed by atoms with E-state index in [2.05, 4.69) is 15.0 Å². The number of aliphatic hydroxyl groups is 1. The lowest BCUT2D eigenvalue weighted by Crippen LogP contribution is -2.50. The highest BCUT2D eigenvalue weighted by molar-refractivity contribution is 5.57. The standard InChI is InChI=1S/C16H17F3N4O2/c1-10-9-25-12(8-24)7-23(10)14-5-13(16(17,18)19)21-15(22-14)11-3-2-4-20-6-11/h2-6,10,12,24H,7-9H2,1H3/t10-,12+/m0/s1. The van der Waals surface area contributed by atoms with Crippen molar-refractivity contribution in [2.45, 2.75) is 25.2 Å². The molecule has 1 aliphatic rings. The summed E-state index contributed by atoms with van der Waals surface area (Å²) in [7, 11) is 0. The third-order valence-corrected chi connectivity index (χ3v) is 3.93. The molecular weight excluding hydrogens is 337 g/mol. The number of halogens is 3. The minimum Gasteiger partial charge on any atom is -0.394 e. The molecule has 2 atom stereocenters. The van der Waals surface area contributed by atoms with Crippen LogP contribution in [0.2, 0.25) is 0 Å². The van der Waals surface area contributed by atoms with Crippen molar-refractivity contribution < 1.29 is 23.0 Å². The van der Waals surface area contributed by atoms with Gasteiger partial charge in [-0.15, -0.1) is 0 Å². The van der Waals surface area contributed by atoms with E-state index >= 15 is 0 Å². The van der Waals surface area contributed by atoms with E-state index in [1.54, 1.807) is 17.0 Å². The third kappa shape index (κ3) is 3.88. The Hall–Kier alpha value is -2.26. The number of aromatic nitrogens is 3. The lowest BCUT2D eigenvalue weighted by Gasteiger charge is -2.38. The lowest BCUT2D eigenvalue weighted by molar-refractivity contribution is -0.141. The van der Waals surface area contributed by atoms with Gasteiger partial charge < -0.3 is 14.7 Å². The molecule has 0 saturated carbocycles. The predicted molar refractivity (Wildman–Crippen MR) is 83.9 cm³/mol. The van der Waals surface area contributed by atoms with Crippen LogP contribution < -0.4 is 4.90 Å². The van der Waals surface area contributed by atoms with E-state index < -0.39 is 18.0 Å². The highest BCUT2D eigenvalue weighted by atomic mass is 19.4. The van der Waals surface area contributed by atoms with Crippen LogP contribution in [0.15, 0.2) is 30.6 Å². The van der Waals surface area contributed by atoms with Crippen molar-refractivity contribution in [3.63, 3.8) is 0 Å². The molecule has 1 saturated heterocycles. The van der Waals surface area contributed by atoms with Crippen molar-refractivity contribution in [3.05, 3.63) is 36.3 Å². The molecular formula is C16H17F3N4O2. The van der Waals surface area contributed by atoms with Crippen LogP contribution in [0.3, 0.4) is 0 Å². The molecule has 9 heteroatoms. The van der Waals surface area contributed by atoms with Gasteiger partial charge in [0.05, 0.1) is 25.4 Å². The Bertz CT molecular complexity index is 727. The quantitative estimate of drug-likeness (QED) is 0.911. The van der Waals surface area contributed by atoms with Gasteiger partial charge in [0.15, 0.2) is 11.5 Å². The minimum atomic E-state index is -4.60. The topological polar surface area (TPSA) is 71.4 Å². The van der Waals surface area contributed by atoms with Crippen molar-refractivity contribution in [2.24, 2.45) is 0 Å². The van der Waals surface area contributed by atoms with Crippen molar-refractivity contribution >= 4 is 5.82 Å². The zero-order valence-corrected chi connectivity index (χ0v) is 13.4. The van der Waals surface area contributed by atoms with Crippen LogP contribution in [0.25, 0.3) is 11.4 Å². The zero-order chi connectivity index (χ0) is 18.0. The second-order valence-corrected chi connectivity index (χ2v) is 5.81. The number of rotatable bonds is 3. The maximum atomic E-state index is 13.3. The Kier molecular flexibility index (Phi) is 4.87. The van der Waals surface area contributed by atoms with Crippen LogP contribution in [-0.4, -0.2) is 52.0 Å². The Morgan fingerprint density at radius 1 is 1.36 bits per heavy atom. The second kappa shape index (κ2) is 6.93. The number of anilines is 1. The Morgan fingerprint density at radius 3 is 2.80 bits per heavy atom. The van der Waals surface area contributed by atoms with E-state index in [1.807, 2.05) is 6.92 Å². The van der Waals surface area contributed by atoms with Crippen LogP contribution in [0.5, 0.6) is 0 Å². The van der Waals surface area contributed by atoms with E-state index in [1.165, 1.54) is 12.4 Å². The van der Waals surface area contributed by atoms with Gasteiger partial charge in [-0.1, -0.05) is 0 Å². The number of hydrogen-bond donors (Lipinski definition) is 1. The molecule has 0 aliphatic carbocycles. The van der Waals surface area contributed by atoms with E-state index in [9.17, 15) is 18.3 Å². The molecule has 0 radical (unpaired) electrons. The molecule has 1 fully saturated rings. The smallest absolute Gasteiger partial charge is 0.394 e. The molecule has 6 nitrogen and oxygen atoms in total. The zero-order valence-electron chi connectivity index (χ0n) is 13.4. The lowest BCUT2D eigenvalue weighted by atomic mass is 10.2. The van der Waals surface area contributed by atoms with Crippen molar-refractivity contribution in [1.29, 1.82) is 0 Å². The highest BCUT2D eigenvalue weighted by Gasteiger charge is 2.35. The summed E-state index contributed by atoms with van der Waals surface area (Å²) in [5.74, 6) is 0.104. The normalized spacial score (nSPS) is 21.4. The van der Waals surface area contributed by atoms with Crippen molar-refractivity contribution in [3.8, 4) is 11.4 Å². The van der Waals surface area contributed by atoms with E-state index in [0.717, 1.165) is 6.07 Å². The fraction of sp³-hybridized carbons (Fsp3) is 0.438. The Balaban J connectivity index is 2.06. The van der Waals surface area contributed by atoms with Gasteiger partial charge in [0, 0.05) is 30.6 Å². The maximum absolute atomic E-state index is 13.3. The number of nitrogens with zero attached hydrogens (tertiary/aromatic N) is 4. The van der Waals surface area contributed by atoms with Gasteiger partial charge >= 0.3 is 6.18 Å². The third-order valence-electron chi connectivity index (χ3n) is 3.93. The molecule has 0 amide bonds. The summed E-state index contributed by atoms with van der Waals surface area (Å²) in [6, 6.07) is 3.96. The van der Waals surface area contributed by atoms with Crippen molar-refractivity contribution in [2.75, 3.05) is 24.7 Å². The maximum Gasteiger partial charge on any atom is 0.433 e. The fourth-order valence-electron chi connectivity index (χ4n) is 2.60. The Morgan fingerprint density at radius 2 is 2.16 bits per heavy atom. The molecule has 3 rings (SSSR count). The van der Waals surface area contributed by atoms with E-state index in [4.69, 9.17) is 4.74 Å². The number of ether oxygens (including phenoxy) is 1. The van der Waals surface area contributed by atoms with Gasteiger partial charge in [-0.3, -0.25) is 4.98 Å². The predicted octanol–water partition coefficient (Wildman–Crippen LogP) is 2.14. The van der Waals surface area contributed by atoms with Gasteiger partial charge in [0.2, 0.25) is 0 Å². The number of aliphatic hydroxyl groups excluding tert-OH is 1. The van der Waals surface area contributed by atoms with Crippen LogP contribution in [-0.2, 0) is 10.9 Å². The number of morpholine rings is 1. The summed E-state index contributed by atoms with van der Waals surface area (Å²) in [5.41, 5.74) is -0.620. The summed E-state index contributed by atoms with van der Waals surface area (Å²) in [6.45, 7) is 2.15. The first-order chi connectivity index (χ1) is 11.9. The molecule has 0 bridgehead atoms. The summed E-state index contributed by atoms with van der Waals surface area (Å²) in [6.07, 6.45) is -2.13. The van der Waals surface area contributed by atoms with Gasteiger partial charge in [-0.25, -0.2) is 9.97 Å². The van der Waals surface area contributed by atoms with Crippen LogP contribution in [0, 0.1) is 0 Å². The molecule has 0 aromatic carbocycles. The summed E-state index contributed by atoms with van der Waals surface area (Å²) in [4.78, 5) is 13.6. The van der Waals surface area contributed by atoms with Crippen molar-refractivity contribution in [1.82, 2.24) is 15.0 Å². The summed E-state index contributed by atoms with van der Waals surface area (Å²) >= 11 is 0. The molecule has 3 heterocycles. The largest absolute Gasteiger partial charge is 0.433 e. The molecule has 0 spiro atoms. The second-order valence-electron chi connectivity index (χ2n) is 5.81. The van der Waals surface area contributed by atoms with Gasteiger partial charge in [0.25, 0.3) is 0 Å². The SMILES string of the molecule is C[C@H]1CO[C@@H](CO)CN1c1cc(C(F)(F)F)nc(-c2cccnc2)n1. The first-order valence-electron chi connectivity index (χ1n) is 7.74. The van der Waals surface area contributed by atoms with Crippen LogP contribution in [0.1, 0.15) is 12.6 Å². The molecule has 2 aromatic rings. The van der Waals surface area contributed by atoms with E-state index in [-0.39, 0.29) is 30.8 Å². The monoisotopic (exact) mass is 354 g/mol. The molecule has 1 N–H and O–H groups in total. The molecule has 0 unspecified atom stereocenters. The van der Waals surface area contributed by atoms with Crippen LogP contribution >= 0.6 is 0 Å². The first-order valence-corrected chi connectivity index (χ1v) is 7.74. The van der Waals surface area contributed by atoms with Gasteiger partial charge in [0.1, 0.15) is 5.82 Å². The minimum absolute atomic E-state index is 0.0443. The number of alkyl halides is 3.